The lowest BCUT2D eigenvalue weighted by atomic mass is 10.6. The number of nitrogens with two attached hydrogens (primary N) is 1. The minimum absolute atomic E-state index is 0.0267. The first-order valence-electron chi connectivity index (χ1n) is 3.60. The summed E-state index contributed by atoms with van der Waals surface area (Å²) in [4.78, 5) is 17.9. The van der Waals surface area contributed by atoms with Crippen LogP contribution >= 0.6 is 0 Å². The average Bonchev–Trinajstić information content (AvgIpc) is 2.16. The Morgan fingerprint density at radius 3 is 2.43 bits per heavy atom. The molecule has 0 aliphatic carbocycles. The maximum absolute atomic E-state index is 10.4. The topological polar surface area (TPSA) is 96.6 Å². The third kappa shape index (κ3) is 2.47. The first kappa shape index (κ1) is 10.0. The third-order valence-electron chi connectivity index (χ3n) is 1.26. The van der Waals surface area contributed by atoms with Crippen LogP contribution in [0.4, 0.5) is 4.79 Å². The maximum atomic E-state index is 10.4. The molecule has 0 spiro atoms. The quantitative estimate of drug-likeness (QED) is 0.733. The third-order valence-corrected chi connectivity index (χ3v) is 1.26. The van der Waals surface area contributed by atoms with Crippen LogP contribution in [0, 0.1) is 0 Å². The first-order valence-corrected chi connectivity index (χ1v) is 3.60. The number of hydrogen-bond donors (Lipinski definition) is 1. The number of rotatable bonds is 3. The van der Waals surface area contributed by atoms with E-state index in [1.54, 1.807) is 0 Å². The number of hydrogen-bond acceptors (Lipinski definition) is 6. The van der Waals surface area contributed by atoms with E-state index >= 15 is 0 Å². The Morgan fingerprint density at radius 2 is 1.93 bits per heavy atom. The second kappa shape index (κ2) is 4.26. The number of aromatic nitrogens is 2. The van der Waals surface area contributed by atoms with Gasteiger partial charge in [0.05, 0.1) is 20.3 Å². The Morgan fingerprint density at radius 1 is 1.29 bits per heavy atom. The van der Waals surface area contributed by atoms with Crippen molar-refractivity contribution in [2.75, 3.05) is 14.2 Å². The molecule has 1 aromatic rings. The van der Waals surface area contributed by atoms with Crippen molar-refractivity contribution in [3.8, 4) is 17.8 Å². The summed E-state index contributed by atoms with van der Waals surface area (Å²) in [5.74, 6) is 0.189. The van der Waals surface area contributed by atoms with Gasteiger partial charge in [-0.2, -0.15) is 9.97 Å². The highest BCUT2D eigenvalue weighted by molar-refractivity contribution is 5.67. The monoisotopic (exact) mass is 199 g/mol. The lowest BCUT2D eigenvalue weighted by molar-refractivity contribution is 0.208. The van der Waals surface area contributed by atoms with Crippen LogP contribution in [0.5, 0.6) is 17.8 Å². The van der Waals surface area contributed by atoms with Gasteiger partial charge in [-0.15, -0.1) is 0 Å². The van der Waals surface area contributed by atoms with E-state index in [0.29, 0.717) is 0 Å². The smallest absolute Gasteiger partial charge is 0.411 e. The van der Waals surface area contributed by atoms with Crippen LogP contribution in [0.1, 0.15) is 0 Å². The summed E-state index contributed by atoms with van der Waals surface area (Å²) in [5, 5.41) is 0. The summed E-state index contributed by atoms with van der Waals surface area (Å²) >= 11 is 0. The lowest BCUT2D eigenvalue weighted by Crippen LogP contribution is -2.17. The van der Waals surface area contributed by atoms with E-state index in [1.165, 1.54) is 20.3 Å². The largest absolute Gasteiger partial charge is 0.481 e. The summed E-state index contributed by atoms with van der Waals surface area (Å²) in [6, 6.07) is 1.34. The second-order valence-corrected chi connectivity index (χ2v) is 2.16. The molecule has 0 aromatic carbocycles. The molecule has 0 bridgehead atoms. The number of amides is 1. The first-order chi connectivity index (χ1) is 6.65. The van der Waals surface area contributed by atoms with Gasteiger partial charge in [-0.25, -0.2) is 4.79 Å². The zero-order valence-electron chi connectivity index (χ0n) is 7.68. The Hall–Kier alpha value is -2.05. The number of methoxy groups -OCH3 is 2. The van der Waals surface area contributed by atoms with Gasteiger partial charge in [0, 0.05) is 0 Å². The van der Waals surface area contributed by atoms with E-state index in [2.05, 4.69) is 14.7 Å². The highest BCUT2D eigenvalue weighted by Gasteiger charge is 2.07. The summed E-state index contributed by atoms with van der Waals surface area (Å²) in [6.07, 6.45) is -0.965. The fraction of sp³-hybridized carbons (Fsp3) is 0.286. The fourth-order valence-corrected chi connectivity index (χ4v) is 0.735. The highest BCUT2D eigenvalue weighted by Crippen LogP contribution is 2.18. The van der Waals surface area contributed by atoms with Gasteiger partial charge in [0.2, 0.25) is 11.8 Å². The number of primary amides is 1. The Labute approximate surface area is 79.8 Å². The number of carbonyl (C=O) groups is 1. The van der Waals surface area contributed by atoms with E-state index in [9.17, 15) is 4.79 Å². The van der Waals surface area contributed by atoms with Crippen LogP contribution in [0.15, 0.2) is 6.07 Å². The molecule has 1 heterocycles. The predicted octanol–water partition coefficient (Wildman–Crippen LogP) is -0.0487. The van der Waals surface area contributed by atoms with E-state index in [1.807, 2.05) is 0 Å². The molecule has 7 heteroatoms. The van der Waals surface area contributed by atoms with Gasteiger partial charge in [0.1, 0.15) is 0 Å². The second-order valence-electron chi connectivity index (χ2n) is 2.16. The molecule has 2 N–H and O–H groups in total. The molecule has 1 rings (SSSR count). The van der Waals surface area contributed by atoms with Crippen LogP contribution in [-0.2, 0) is 0 Å². The van der Waals surface area contributed by atoms with Crippen LogP contribution < -0.4 is 19.9 Å². The SMILES string of the molecule is COc1cc(OC(N)=O)nc(OC)n1. The summed E-state index contributed by atoms with van der Waals surface area (Å²) < 4.78 is 14.1. The summed E-state index contributed by atoms with van der Waals surface area (Å²) in [7, 11) is 2.79. The van der Waals surface area contributed by atoms with Crippen molar-refractivity contribution >= 4 is 6.09 Å². The molecule has 14 heavy (non-hydrogen) atoms. The molecule has 0 radical (unpaired) electrons. The molecule has 7 nitrogen and oxygen atoms in total. The maximum Gasteiger partial charge on any atom is 0.411 e. The van der Waals surface area contributed by atoms with Gasteiger partial charge in [-0.1, -0.05) is 0 Å². The standard InChI is InChI=1S/C7H9N3O4/c1-12-4-3-5(14-6(8)11)10-7(9-4)13-2/h3H,1-2H3,(H2,8,11). The van der Waals surface area contributed by atoms with E-state index in [4.69, 9.17) is 15.2 Å². The van der Waals surface area contributed by atoms with Gasteiger partial charge in [-0.3, -0.25) is 0 Å². The van der Waals surface area contributed by atoms with Crippen molar-refractivity contribution in [1.29, 1.82) is 0 Å². The zero-order valence-corrected chi connectivity index (χ0v) is 7.68. The van der Waals surface area contributed by atoms with Crippen molar-refractivity contribution in [3.63, 3.8) is 0 Å². The number of nitrogens with zero attached hydrogens (tertiary/aromatic N) is 2. The van der Waals surface area contributed by atoms with Crippen molar-refractivity contribution in [2.45, 2.75) is 0 Å². The highest BCUT2D eigenvalue weighted by atomic mass is 16.6. The molecular formula is C7H9N3O4. The molecule has 0 aliphatic rings. The van der Waals surface area contributed by atoms with E-state index in [-0.39, 0.29) is 17.8 Å². The number of ether oxygens (including phenoxy) is 3. The molecule has 0 atom stereocenters. The van der Waals surface area contributed by atoms with Crippen molar-refractivity contribution < 1.29 is 19.0 Å². The molecule has 0 unspecified atom stereocenters. The molecular weight excluding hydrogens is 190 g/mol. The zero-order chi connectivity index (χ0) is 10.6. The van der Waals surface area contributed by atoms with Gasteiger partial charge < -0.3 is 19.9 Å². The average molecular weight is 199 g/mol. The van der Waals surface area contributed by atoms with E-state index < -0.39 is 6.09 Å². The molecule has 0 fully saturated rings. The Bertz CT molecular complexity index is 319. The lowest BCUT2D eigenvalue weighted by Gasteiger charge is -2.04. The predicted molar refractivity (Wildman–Crippen MR) is 45.3 cm³/mol. The molecule has 0 saturated heterocycles. The normalized spacial score (nSPS) is 9.29. The minimum Gasteiger partial charge on any atom is -0.481 e. The molecule has 0 saturated carbocycles. The molecule has 1 aromatic heterocycles. The molecule has 1 amide bonds. The van der Waals surface area contributed by atoms with Gasteiger partial charge in [0.15, 0.2) is 0 Å². The van der Waals surface area contributed by atoms with E-state index in [0.717, 1.165) is 0 Å². The van der Waals surface area contributed by atoms with Gasteiger partial charge >= 0.3 is 12.1 Å². The van der Waals surface area contributed by atoms with Crippen molar-refractivity contribution in [2.24, 2.45) is 5.73 Å². The Balaban J connectivity index is 2.98. The van der Waals surface area contributed by atoms with Crippen molar-refractivity contribution in [3.05, 3.63) is 6.07 Å². The van der Waals surface area contributed by atoms with Gasteiger partial charge in [0.25, 0.3) is 0 Å². The van der Waals surface area contributed by atoms with Crippen LogP contribution in [0.25, 0.3) is 0 Å². The summed E-state index contributed by atoms with van der Waals surface area (Å²) in [5.41, 5.74) is 4.80. The molecule has 0 aliphatic heterocycles. The van der Waals surface area contributed by atoms with Crippen LogP contribution in [-0.4, -0.2) is 30.3 Å². The van der Waals surface area contributed by atoms with Crippen LogP contribution in [0.3, 0.4) is 0 Å². The molecule has 76 valence electrons. The summed E-state index contributed by atoms with van der Waals surface area (Å²) in [6.45, 7) is 0. The van der Waals surface area contributed by atoms with Crippen molar-refractivity contribution in [1.82, 2.24) is 9.97 Å². The van der Waals surface area contributed by atoms with Crippen LogP contribution in [0.2, 0.25) is 0 Å². The number of carbonyl (C=O) groups excluding carboxylic acids is 1. The van der Waals surface area contributed by atoms with Gasteiger partial charge in [-0.05, 0) is 0 Å². The minimum atomic E-state index is -0.965. The fourth-order valence-electron chi connectivity index (χ4n) is 0.735. The Kier molecular flexibility index (Phi) is 3.05.